The highest BCUT2D eigenvalue weighted by atomic mass is 35.5. The third-order valence-electron chi connectivity index (χ3n) is 4.73. The van der Waals surface area contributed by atoms with Crippen LogP contribution < -0.4 is 10.1 Å². The van der Waals surface area contributed by atoms with Crippen LogP contribution in [0.3, 0.4) is 0 Å². The van der Waals surface area contributed by atoms with Gasteiger partial charge in [0.2, 0.25) is 11.8 Å². The van der Waals surface area contributed by atoms with Gasteiger partial charge in [-0.2, -0.15) is 0 Å². The number of anilines is 1. The van der Waals surface area contributed by atoms with Crippen LogP contribution >= 0.6 is 11.6 Å². The summed E-state index contributed by atoms with van der Waals surface area (Å²) in [5.41, 5.74) is 0.0727. The number of para-hydroxylation sites is 2. The fourth-order valence-corrected chi connectivity index (χ4v) is 3.23. The first-order valence-electron chi connectivity index (χ1n) is 10.1. The summed E-state index contributed by atoms with van der Waals surface area (Å²) < 4.78 is 11.6. The van der Waals surface area contributed by atoms with E-state index in [0.717, 1.165) is 0 Å². The largest absolute Gasteiger partial charge is 0.478 e. The van der Waals surface area contributed by atoms with Crippen molar-refractivity contribution in [1.29, 1.82) is 0 Å². The first-order valence-corrected chi connectivity index (χ1v) is 10.5. The minimum absolute atomic E-state index is 0.00789. The number of nitrogens with zero attached hydrogens (tertiary/aromatic N) is 1. The van der Waals surface area contributed by atoms with E-state index >= 15 is 0 Å². The molecule has 0 radical (unpaired) electrons. The molecule has 0 bridgehead atoms. The number of oxazole rings is 1. The Morgan fingerprint density at radius 3 is 2.47 bits per heavy atom. The van der Waals surface area contributed by atoms with Gasteiger partial charge in [-0.1, -0.05) is 49.7 Å². The van der Waals surface area contributed by atoms with Gasteiger partial charge in [-0.3, -0.25) is 4.79 Å². The molecule has 0 aliphatic carbocycles. The van der Waals surface area contributed by atoms with Gasteiger partial charge in [-0.25, -0.2) is 9.78 Å². The molecule has 1 aromatic heterocycles. The zero-order valence-corrected chi connectivity index (χ0v) is 19.1. The highest BCUT2D eigenvalue weighted by molar-refractivity contribution is 6.33. The Morgan fingerprint density at radius 1 is 1.16 bits per heavy atom. The molecule has 0 fully saturated rings. The van der Waals surface area contributed by atoms with Gasteiger partial charge < -0.3 is 19.6 Å². The van der Waals surface area contributed by atoms with Crippen LogP contribution in [0.1, 0.15) is 45.1 Å². The molecule has 0 atom stereocenters. The zero-order chi connectivity index (χ0) is 23.5. The fourth-order valence-electron chi connectivity index (χ4n) is 3.02. The van der Waals surface area contributed by atoms with E-state index in [1.54, 1.807) is 36.4 Å². The van der Waals surface area contributed by atoms with E-state index in [4.69, 9.17) is 20.8 Å². The Balaban J connectivity index is 1.83. The molecule has 32 heavy (non-hydrogen) atoms. The van der Waals surface area contributed by atoms with Crippen LogP contribution in [-0.2, 0) is 16.0 Å². The maximum absolute atomic E-state index is 12.8. The number of ether oxygens (including phenoxy) is 1. The van der Waals surface area contributed by atoms with Crippen molar-refractivity contribution in [3.05, 3.63) is 65.0 Å². The number of hydrogen-bond donors (Lipinski definition) is 2. The number of rotatable bonds is 8. The lowest BCUT2D eigenvalue weighted by Crippen LogP contribution is -2.38. The van der Waals surface area contributed by atoms with Crippen molar-refractivity contribution in [2.75, 3.05) is 5.32 Å². The molecule has 1 heterocycles. The monoisotopic (exact) mass is 456 g/mol. The van der Waals surface area contributed by atoms with E-state index in [9.17, 15) is 14.7 Å². The molecule has 1 amide bonds. The number of halogens is 1. The average Bonchev–Trinajstić information content (AvgIpc) is 3.13. The van der Waals surface area contributed by atoms with Crippen LogP contribution in [0.25, 0.3) is 11.5 Å². The highest BCUT2D eigenvalue weighted by Gasteiger charge is 2.30. The predicted octanol–water partition coefficient (Wildman–Crippen LogP) is 5.54. The summed E-state index contributed by atoms with van der Waals surface area (Å²) in [5.74, 6) is -0.228. The summed E-state index contributed by atoms with van der Waals surface area (Å²) in [6.07, 6.45) is -0.0296. The van der Waals surface area contributed by atoms with Crippen molar-refractivity contribution in [3.8, 4) is 17.2 Å². The number of aliphatic carboxylic acids is 1. The molecule has 0 spiro atoms. The molecular formula is C24H25ClN2O5. The van der Waals surface area contributed by atoms with Gasteiger partial charge in [0.15, 0.2) is 5.60 Å². The standard InChI is InChI=1S/C24H25ClN2O5/c1-14(2)21-18(27-22(31-21)15-9-5-6-10-16(15)25)13-20(28)26-17-11-7-8-12-19(17)32-24(3,4)23(29)30/h5-12,14H,13H2,1-4H3,(H,26,28)(H,29,30). The van der Waals surface area contributed by atoms with Crippen molar-refractivity contribution in [3.63, 3.8) is 0 Å². The molecule has 0 aliphatic heterocycles. The van der Waals surface area contributed by atoms with Crippen molar-refractivity contribution in [1.82, 2.24) is 4.98 Å². The molecule has 0 unspecified atom stereocenters. The molecule has 2 N–H and O–H groups in total. The predicted molar refractivity (Wildman–Crippen MR) is 122 cm³/mol. The molecule has 3 aromatic rings. The van der Waals surface area contributed by atoms with Gasteiger partial charge in [-0.05, 0) is 38.1 Å². The molecule has 168 valence electrons. The maximum atomic E-state index is 12.8. The first kappa shape index (κ1) is 23.3. The SMILES string of the molecule is CC(C)c1oc(-c2ccccc2Cl)nc1CC(=O)Nc1ccccc1OC(C)(C)C(=O)O. The number of carboxylic acid groups (broad SMARTS) is 1. The third-order valence-corrected chi connectivity index (χ3v) is 5.06. The molecule has 8 heteroatoms. The minimum Gasteiger partial charge on any atom is -0.478 e. The Labute approximate surface area is 191 Å². The van der Waals surface area contributed by atoms with E-state index in [2.05, 4.69) is 10.3 Å². The second-order valence-corrected chi connectivity index (χ2v) is 8.51. The number of hydrogen-bond acceptors (Lipinski definition) is 5. The summed E-state index contributed by atoms with van der Waals surface area (Å²) in [5, 5.41) is 12.6. The van der Waals surface area contributed by atoms with Crippen molar-refractivity contribution in [2.24, 2.45) is 0 Å². The number of amides is 1. The van der Waals surface area contributed by atoms with Crippen LogP contribution in [0.2, 0.25) is 5.02 Å². The van der Waals surface area contributed by atoms with E-state index in [1.165, 1.54) is 13.8 Å². The third kappa shape index (κ3) is 5.29. The van der Waals surface area contributed by atoms with E-state index in [-0.39, 0.29) is 24.0 Å². The molecule has 2 aromatic carbocycles. The molecule has 3 rings (SSSR count). The number of carbonyl (C=O) groups is 2. The summed E-state index contributed by atoms with van der Waals surface area (Å²) in [4.78, 5) is 28.8. The van der Waals surface area contributed by atoms with Gasteiger partial charge in [0.25, 0.3) is 0 Å². The Hall–Kier alpha value is -3.32. The van der Waals surface area contributed by atoms with Gasteiger partial charge >= 0.3 is 5.97 Å². The second kappa shape index (κ2) is 9.44. The lowest BCUT2D eigenvalue weighted by Gasteiger charge is -2.23. The van der Waals surface area contributed by atoms with Gasteiger partial charge in [0, 0.05) is 5.92 Å². The summed E-state index contributed by atoms with van der Waals surface area (Å²) >= 11 is 6.27. The molecule has 0 saturated heterocycles. The lowest BCUT2D eigenvalue weighted by molar-refractivity contribution is -0.152. The molecule has 0 saturated carbocycles. The van der Waals surface area contributed by atoms with Crippen molar-refractivity contribution in [2.45, 2.75) is 45.6 Å². The van der Waals surface area contributed by atoms with Gasteiger partial charge in [0.05, 0.1) is 28.4 Å². The van der Waals surface area contributed by atoms with Gasteiger partial charge in [0.1, 0.15) is 11.5 Å². The lowest BCUT2D eigenvalue weighted by atomic mass is 10.1. The molecule has 7 nitrogen and oxygen atoms in total. The van der Waals surface area contributed by atoms with E-state index in [0.29, 0.717) is 33.6 Å². The average molecular weight is 457 g/mol. The first-order chi connectivity index (χ1) is 15.1. The second-order valence-electron chi connectivity index (χ2n) is 8.10. The van der Waals surface area contributed by atoms with Gasteiger partial charge in [-0.15, -0.1) is 0 Å². The number of aromatic nitrogens is 1. The fraction of sp³-hybridized carbons (Fsp3) is 0.292. The summed E-state index contributed by atoms with van der Waals surface area (Å²) in [6, 6.07) is 13.9. The normalized spacial score (nSPS) is 11.4. The maximum Gasteiger partial charge on any atom is 0.347 e. The molecule has 0 aliphatic rings. The zero-order valence-electron chi connectivity index (χ0n) is 18.3. The Bertz CT molecular complexity index is 1140. The van der Waals surface area contributed by atoms with Crippen LogP contribution in [0.5, 0.6) is 5.75 Å². The Kier molecular flexibility index (Phi) is 6.89. The topological polar surface area (TPSA) is 102 Å². The molecular weight excluding hydrogens is 432 g/mol. The van der Waals surface area contributed by atoms with Crippen LogP contribution in [0.15, 0.2) is 52.9 Å². The van der Waals surface area contributed by atoms with E-state index < -0.39 is 11.6 Å². The van der Waals surface area contributed by atoms with Crippen LogP contribution in [-0.4, -0.2) is 27.6 Å². The van der Waals surface area contributed by atoms with Crippen LogP contribution in [0.4, 0.5) is 5.69 Å². The smallest absolute Gasteiger partial charge is 0.347 e. The van der Waals surface area contributed by atoms with Crippen molar-refractivity contribution >= 4 is 29.2 Å². The minimum atomic E-state index is -1.46. The summed E-state index contributed by atoms with van der Waals surface area (Å²) in [7, 11) is 0. The summed E-state index contributed by atoms with van der Waals surface area (Å²) in [6.45, 7) is 6.79. The quantitative estimate of drug-likeness (QED) is 0.461. The van der Waals surface area contributed by atoms with E-state index in [1.807, 2.05) is 26.0 Å². The number of carboxylic acids is 1. The number of benzene rings is 2. The van der Waals surface area contributed by atoms with Crippen molar-refractivity contribution < 1.29 is 23.8 Å². The Morgan fingerprint density at radius 2 is 1.81 bits per heavy atom. The number of carbonyl (C=O) groups excluding carboxylic acids is 1. The number of nitrogens with one attached hydrogen (secondary N) is 1. The van der Waals surface area contributed by atoms with Crippen LogP contribution in [0, 0.1) is 0 Å². The highest BCUT2D eigenvalue weighted by Crippen LogP contribution is 2.32.